The van der Waals surface area contributed by atoms with Gasteiger partial charge in [-0.1, -0.05) is 61.4 Å². The van der Waals surface area contributed by atoms with Crippen molar-refractivity contribution in [3.05, 3.63) is 33.8 Å². The number of benzene rings is 1. The van der Waals surface area contributed by atoms with Crippen LogP contribution in [0.3, 0.4) is 0 Å². The van der Waals surface area contributed by atoms with Crippen molar-refractivity contribution in [1.82, 2.24) is 4.90 Å². The van der Waals surface area contributed by atoms with E-state index in [0.717, 1.165) is 44.2 Å². The minimum atomic E-state index is -0.0143. The molecule has 1 unspecified atom stereocenters. The molecule has 3 rings (SSSR count). The molecule has 2 fully saturated rings. The summed E-state index contributed by atoms with van der Waals surface area (Å²) in [6.45, 7) is 3.82. The molecule has 1 saturated carbocycles. The Morgan fingerprint density at radius 1 is 1.00 bits per heavy atom. The van der Waals surface area contributed by atoms with E-state index in [2.05, 4.69) is 4.90 Å². The van der Waals surface area contributed by atoms with Gasteiger partial charge in [-0.15, -0.1) is 0 Å². The highest BCUT2D eigenvalue weighted by molar-refractivity contribution is 6.42. The van der Waals surface area contributed by atoms with E-state index < -0.39 is 0 Å². The summed E-state index contributed by atoms with van der Waals surface area (Å²) in [5.41, 5.74) is 1.11. The summed E-state index contributed by atoms with van der Waals surface area (Å²) in [5, 5.41) is 1.13. The van der Waals surface area contributed by atoms with Gasteiger partial charge in [0.05, 0.1) is 22.6 Å². The van der Waals surface area contributed by atoms with Crippen molar-refractivity contribution in [2.45, 2.75) is 70.1 Å². The lowest BCUT2D eigenvalue weighted by Crippen LogP contribution is -2.28. The van der Waals surface area contributed by atoms with E-state index in [-0.39, 0.29) is 17.8 Å². The van der Waals surface area contributed by atoms with Gasteiger partial charge < -0.3 is 9.64 Å². The molecule has 3 nitrogen and oxygen atoms in total. The molecule has 1 aliphatic heterocycles. The topological polar surface area (TPSA) is 29.5 Å². The van der Waals surface area contributed by atoms with Crippen LogP contribution in [0.4, 0.5) is 0 Å². The Morgan fingerprint density at radius 3 is 2.36 bits per heavy atom. The van der Waals surface area contributed by atoms with E-state index in [1.165, 1.54) is 45.2 Å². The SMILES string of the molecule is O=C(OCC(CCN1CCCCCC1)c1ccc(Cl)c(Cl)c1)C1CCCCC1. The van der Waals surface area contributed by atoms with Gasteiger partial charge in [-0.25, -0.2) is 0 Å². The number of rotatable bonds is 7. The number of carbonyl (C=O) groups is 1. The van der Waals surface area contributed by atoms with Gasteiger partial charge in [-0.05, 0) is 69.4 Å². The molecular formula is C23H33Cl2NO2. The number of nitrogens with zero attached hydrogens (tertiary/aromatic N) is 1. The van der Waals surface area contributed by atoms with Crippen LogP contribution in [0, 0.1) is 5.92 Å². The molecule has 2 aliphatic rings. The number of likely N-dealkylation sites (tertiary alicyclic amines) is 1. The third-order valence-electron chi connectivity index (χ3n) is 6.27. The Bertz CT molecular complexity index is 623. The fourth-order valence-electron chi connectivity index (χ4n) is 4.45. The maximum absolute atomic E-state index is 12.5. The summed E-state index contributed by atoms with van der Waals surface area (Å²) < 4.78 is 5.80. The summed E-state index contributed by atoms with van der Waals surface area (Å²) in [4.78, 5) is 15.1. The van der Waals surface area contributed by atoms with Crippen molar-refractivity contribution in [3.63, 3.8) is 0 Å². The second-order valence-electron chi connectivity index (χ2n) is 8.38. The molecule has 28 heavy (non-hydrogen) atoms. The second-order valence-corrected chi connectivity index (χ2v) is 9.19. The van der Waals surface area contributed by atoms with Crippen molar-refractivity contribution in [2.24, 2.45) is 5.92 Å². The third kappa shape index (κ3) is 6.64. The molecule has 0 spiro atoms. The lowest BCUT2D eigenvalue weighted by atomic mass is 9.89. The molecular weight excluding hydrogens is 393 g/mol. The number of esters is 1. The van der Waals surface area contributed by atoms with Gasteiger partial charge in [-0.3, -0.25) is 4.79 Å². The largest absolute Gasteiger partial charge is 0.465 e. The molecule has 1 aliphatic carbocycles. The van der Waals surface area contributed by atoms with Crippen LogP contribution in [0.2, 0.25) is 10.0 Å². The van der Waals surface area contributed by atoms with Crippen LogP contribution in [0.1, 0.15) is 75.7 Å². The van der Waals surface area contributed by atoms with Gasteiger partial charge in [-0.2, -0.15) is 0 Å². The number of ether oxygens (including phenoxy) is 1. The Kier molecular flexibility index (Phi) is 8.95. The molecule has 1 heterocycles. The Hall–Kier alpha value is -0.770. The van der Waals surface area contributed by atoms with Crippen LogP contribution in [-0.4, -0.2) is 37.1 Å². The normalized spacial score (nSPS) is 20.5. The number of hydrogen-bond donors (Lipinski definition) is 0. The highest BCUT2D eigenvalue weighted by Gasteiger charge is 2.24. The van der Waals surface area contributed by atoms with Crippen LogP contribution in [0.15, 0.2) is 18.2 Å². The average molecular weight is 426 g/mol. The highest BCUT2D eigenvalue weighted by Crippen LogP contribution is 2.30. The Labute approximate surface area is 179 Å². The lowest BCUT2D eigenvalue weighted by Gasteiger charge is -2.25. The van der Waals surface area contributed by atoms with E-state index in [0.29, 0.717) is 16.7 Å². The molecule has 156 valence electrons. The van der Waals surface area contributed by atoms with E-state index in [1.807, 2.05) is 18.2 Å². The minimum absolute atomic E-state index is 0.0143. The molecule has 0 aromatic heterocycles. The molecule has 1 aromatic rings. The summed E-state index contributed by atoms with van der Waals surface area (Å²) >= 11 is 12.4. The van der Waals surface area contributed by atoms with Crippen molar-refractivity contribution < 1.29 is 9.53 Å². The van der Waals surface area contributed by atoms with Crippen molar-refractivity contribution in [3.8, 4) is 0 Å². The van der Waals surface area contributed by atoms with Gasteiger partial charge >= 0.3 is 5.97 Å². The first-order valence-electron chi connectivity index (χ1n) is 11.0. The van der Waals surface area contributed by atoms with Gasteiger partial charge in [0.15, 0.2) is 0 Å². The molecule has 0 bridgehead atoms. The second kappa shape index (κ2) is 11.4. The zero-order chi connectivity index (χ0) is 19.8. The summed E-state index contributed by atoms with van der Waals surface area (Å²) in [5.74, 6) is 0.235. The first kappa shape index (κ1) is 21.9. The summed E-state index contributed by atoms with van der Waals surface area (Å²) in [6.07, 6.45) is 11.7. The molecule has 0 amide bonds. The van der Waals surface area contributed by atoms with E-state index in [1.54, 1.807) is 0 Å². The molecule has 1 atom stereocenters. The zero-order valence-electron chi connectivity index (χ0n) is 16.8. The monoisotopic (exact) mass is 425 g/mol. The molecule has 1 aromatic carbocycles. The van der Waals surface area contributed by atoms with Crippen LogP contribution in [0.5, 0.6) is 0 Å². The third-order valence-corrected chi connectivity index (χ3v) is 7.01. The quantitative estimate of drug-likeness (QED) is 0.468. The van der Waals surface area contributed by atoms with Gasteiger partial charge in [0.2, 0.25) is 0 Å². The van der Waals surface area contributed by atoms with Gasteiger partial charge in [0.25, 0.3) is 0 Å². The summed E-state index contributed by atoms with van der Waals surface area (Å²) in [6, 6.07) is 5.81. The number of halogens is 2. The fraction of sp³-hybridized carbons (Fsp3) is 0.696. The van der Waals surface area contributed by atoms with Crippen LogP contribution in [0.25, 0.3) is 0 Å². The Morgan fingerprint density at radius 2 is 1.68 bits per heavy atom. The minimum Gasteiger partial charge on any atom is -0.465 e. The molecule has 0 N–H and O–H groups in total. The van der Waals surface area contributed by atoms with Gasteiger partial charge in [0, 0.05) is 5.92 Å². The maximum Gasteiger partial charge on any atom is 0.308 e. The van der Waals surface area contributed by atoms with Crippen molar-refractivity contribution in [2.75, 3.05) is 26.2 Å². The molecule has 0 radical (unpaired) electrons. The maximum atomic E-state index is 12.5. The van der Waals surface area contributed by atoms with Crippen LogP contribution >= 0.6 is 23.2 Å². The molecule has 5 heteroatoms. The Balaban J connectivity index is 1.61. The van der Waals surface area contributed by atoms with E-state index >= 15 is 0 Å². The highest BCUT2D eigenvalue weighted by atomic mass is 35.5. The van der Waals surface area contributed by atoms with Gasteiger partial charge in [0.1, 0.15) is 0 Å². The van der Waals surface area contributed by atoms with Crippen molar-refractivity contribution in [1.29, 1.82) is 0 Å². The van der Waals surface area contributed by atoms with Crippen LogP contribution in [-0.2, 0) is 9.53 Å². The fourth-order valence-corrected chi connectivity index (χ4v) is 4.76. The number of hydrogen-bond acceptors (Lipinski definition) is 3. The predicted molar refractivity (Wildman–Crippen MR) is 116 cm³/mol. The van der Waals surface area contributed by atoms with E-state index in [9.17, 15) is 4.79 Å². The first-order chi connectivity index (χ1) is 13.6. The van der Waals surface area contributed by atoms with Crippen molar-refractivity contribution >= 4 is 29.2 Å². The average Bonchev–Trinajstić information content (AvgIpc) is 2.99. The van der Waals surface area contributed by atoms with Crippen LogP contribution < -0.4 is 0 Å². The number of carbonyl (C=O) groups excluding carboxylic acids is 1. The lowest BCUT2D eigenvalue weighted by molar-refractivity contribution is -0.150. The predicted octanol–water partition coefficient (Wildman–Crippen LogP) is 6.47. The molecule has 1 saturated heterocycles. The first-order valence-corrected chi connectivity index (χ1v) is 11.7. The smallest absolute Gasteiger partial charge is 0.308 e. The standard InChI is InChI=1S/C23H33Cl2NO2/c24-21-11-10-19(16-22(21)25)20(12-15-26-13-6-1-2-7-14-26)17-28-23(27)18-8-4-3-5-9-18/h10-11,16,18,20H,1-9,12-15,17H2. The van der Waals surface area contributed by atoms with E-state index in [4.69, 9.17) is 27.9 Å². The zero-order valence-corrected chi connectivity index (χ0v) is 18.3. The summed E-state index contributed by atoms with van der Waals surface area (Å²) in [7, 11) is 0.